The van der Waals surface area contributed by atoms with Gasteiger partial charge in [0.15, 0.2) is 0 Å². The topological polar surface area (TPSA) is 82.0 Å². The van der Waals surface area contributed by atoms with Crippen molar-refractivity contribution in [1.29, 1.82) is 0 Å². The predicted molar refractivity (Wildman–Crippen MR) is 47.6 cm³/mol. The molecule has 0 radical (unpaired) electrons. The zero-order valence-electron chi connectivity index (χ0n) is 6.78. The number of aromatic nitrogens is 1. The van der Waals surface area contributed by atoms with E-state index in [0.717, 1.165) is 10.6 Å². The van der Waals surface area contributed by atoms with Crippen LogP contribution in [0.2, 0.25) is 0 Å². The Hall–Kier alpha value is -0.940. The first-order valence-corrected chi connectivity index (χ1v) is 4.34. The van der Waals surface area contributed by atoms with Gasteiger partial charge in [-0.1, -0.05) is 0 Å². The fourth-order valence-electron chi connectivity index (χ4n) is 0.875. The summed E-state index contributed by atoms with van der Waals surface area (Å²) in [5.41, 5.74) is 11.6. The van der Waals surface area contributed by atoms with E-state index in [1.54, 1.807) is 0 Å². The number of primary amides is 1. The Morgan fingerprint density at radius 3 is 2.92 bits per heavy atom. The first kappa shape index (κ1) is 9.15. The van der Waals surface area contributed by atoms with Gasteiger partial charge in [-0.15, -0.1) is 0 Å². The first-order chi connectivity index (χ1) is 5.59. The van der Waals surface area contributed by atoms with Crippen molar-refractivity contribution in [2.75, 3.05) is 0 Å². The van der Waals surface area contributed by atoms with E-state index < -0.39 is 0 Å². The van der Waals surface area contributed by atoms with Crippen LogP contribution >= 0.6 is 11.5 Å². The second-order valence-corrected chi connectivity index (χ2v) is 3.48. The smallest absolute Gasteiger partial charge is 0.219 e. The van der Waals surface area contributed by atoms with E-state index in [4.69, 9.17) is 11.5 Å². The van der Waals surface area contributed by atoms with Crippen molar-refractivity contribution < 1.29 is 4.79 Å². The molecule has 1 aromatic heterocycles. The van der Waals surface area contributed by atoms with Gasteiger partial charge in [-0.2, -0.15) is 4.37 Å². The van der Waals surface area contributed by atoms with E-state index in [1.807, 2.05) is 13.0 Å². The molecule has 5 heteroatoms. The molecule has 0 aromatic carbocycles. The largest absolute Gasteiger partial charge is 0.370 e. The number of rotatable bonds is 3. The summed E-state index contributed by atoms with van der Waals surface area (Å²) in [4.78, 5) is 11.4. The molecule has 0 saturated carbocycles. The van der Waals surface area contributed by atoms with Crippen LogP contribution in [-0.4, -0.2) is 10.3 Å². The SMILES string of the molecule is Cc1cc([C@H](N)CC(N)=O)sn1. The van der Waals surface area contributed by atoms with Gasteiger partial charge >= 0.3 is 0 Å². The van der Waals surface area contributed by atoms with Gasteiger partial charge in [-0.3, -0.25) is 4.79 Å². The monoisotopic (exact) mass is 185 g/mol. The van der Waals surface area contributed by atoms with Gasteiger partial charge in [0.25, 0.3) is 0 Å². The normalized spacial score (nSPS) is 12.8. The van der Waals surface area contributed by atoms with Gasteiger partial charge in [-0.25, -0.2) is 0 Å². The molecule has 1 atom stereocenters. The van der Waals surface area contributed by atoms with Crippen molar-refractivity contribution in [3.8, 4) is 0 Å². The second-order valence-electron chi connectivity index (χ2n) is 2.65. The Morgan fingerprint density at radius 1 is 1.83 bits per heavy atom. The lowest BCUT2D eigenvalue weighted by atomic mass is 10.2. The molecule has 1 aromatic rings. The lowest BCUT2D eigenvalue weighted by Crippen LogP contribution is -2.19. The van der Waals surface area contributed by atoms with Crippen molar-refractivity contribution in [3.63, 3.8) is 0 Å². The molecule has 0 spiro atoms. The summed E-state index contributed by atoms with van der Waals surface area (Å²) in [6.45, 7) is 1.89. The third-order valence-corrected chi connectivity index (χ3v) is 2.44. The van der Waals surface area contributed by atoms with Gasteiger partial charge in [0.1, 0.15) is 0 Å². The molecule has 0 saturated heterocycles. The molecule has 4 N–H and O–H groups in total. The number of hydrogen-bond acceptors (Lipinski definition) is 4. The number of nitrogens with two attached hydrogens (primary N) is 2. The fourth-order valence-corrected chi connectivity index (χ4v) is 1.62. The van der Waals surface area contributed by atoms with Gasteiger partial charge in [-0.05, 0) is 24.5 Å². The minimum absolute atomic E-state index is 0.182. The molecule has 1 heterocycles. The Morgan fingerprint density at radius 2 is 2.50 bits per heavy atom. The Bertz CT molecular complexity index is 284. The van der Waals surface area contributed by atoms with Crippen molar-refractivity contribution in [2.45, 2.75) is 19.4 Å². The van der Waals surface area contributed by atoms with E-state index in [0.29, 0.717) is 0 Å². The summed E-state index contributed by atoms with van der Waals surface area (Å²) in [5, 5.41) is 0. The molecule has 1 rings (SSSR count). The van der Waals surface area contributed by atoms with Crippen molar-refractivity contribution in [3.05, 3.63) is 16.6 Å². The molecule has 0 unspecified atom stereocenters. The molecule has 0 aliphatic rings. The number of carbonyl (C=O) groups is 1. The van der Waals surface area contributed by atoms with E-state index in [-0.39, 0.29) is 18.4 Å². The summed E-state index contributed by atoms with van der Waals surface area (Å²) >= 11 is 1.32. The minimum atomic E-state index is -0.381. The van der Waals surface area contributed by atoms with Crippen molar-refractivity contribution >= 4 is 17.4 Å². The third-order valence-electron chi connectivity index (χ3n) is 1.43. The number of nitrogens with zero attached hydrogens (tertiary/aromatic N) is 1. The van der Waals surface area contributed by atoms with Crippen LogP contribution in [0.3, 0.4) is 0 Å². The molecule has 0 aliphatic carbocycles. The van der Waals surface area contributed by atoms with Crippen LogP contribution in [0, 0.1) is 6.92 Å². The molecule has 0 aliphatic heterocycles. The fraction of sp³-hybridized carbons (Fsp3) is 0.429. The molecule has 4 nitrogen and oxygen atoms in total. The lowest BCUT2D eigenvalue weighted by molar-refractivity contribution is -0.118. The zero-order valence-corrected chi connectivity index (χ0v) is 7.60. The highest BCUT2D eigenvalue weighted by molar-refractivity contribution is 7.05. The summed E-state index contributed by atoms with van der Waals surface area (Å²) in [6.07, 6.45) is 0.182. The number of carbonyl (C=O) groups excluding carboxylic acids is 1. The number of hydrogen-bond donors (Lipinski definition) is 2. The maximum Gasteiger partial charge on any atom is 0.219 e. The first-order valence-electron chi connectivity index (χ1n) is 3.56. The summed E-state index contributed by atoms with van der Waals surface area (Å²) in [6, 6.07) is 1.58. The summed E-state index contributed by atoms with van der Waals surface area (Å²) in [7, 11) is 0. The molecule has 66 valence electrons. The third kappa shape index (κ3) is 2.28. The standard InChI is InChI=1S/C7H11N3OS/c1-4-2-6(12-10-4)5(8)3-7(9)11/h2,5H,3,8H2,1H3,(H2,9,11)/t5-/m1/s1. The average molecular weight is 185 g/mol. The van der Waals surface area contributed by atoms with Crippen molar-refractivity contribution in [2.24, 2.45) is 11.5 Å². The molecular formula is C7H11N3OS. The maximum atomic E-state index is 10.5. The summed E-state index contributed by atoms with van der Waals surface area (Å²) in [5.74, 6) is -0.381. The highest BCUT2D eigenvalue weighted by atomic mass is 32.1. The maximum absolute atomic E-state index is 10.5. The van der Waals surface area contributed by atoms with Gasteiger partial charge in [0.2, 0.25) is 5.91 Å². The highest BCUT2D eigenvalue weighted by Gasteiger charge is 2.11. The van der Waals surface area contributed by atoms with Crippen LogP contribution in [0.5, 0.6) is 0 Å². The molecule has 0 bridgehead atoms. The van der Waals surface area contributed by atoms with Gasteiger partial charge in [0.05, 0.1) is 5.69 Å². The Labute approximate surface area is 74.7 Å². The molecule has 1 amide bonds. The molecular weight excluding hydrogens is 174 g/mol. The van der Waals surface area contributed by atoms with Gasteiger partial charge in [0, 0.05) is 17.3 Å². The molecule has 12 heavy (non-hydrogen) atoms. The minimum Gasteiger partial charge on any atom is -0.370 e. The second kappa shape index (κ2) is 3.64. The van der Waals surface area contributed by atoms with E-state index >= 15 is 0 Å². The van der Waals surface area contributed by atoms with Crippen LogP contribution in [0.15, 0.2) is 6.07 Å². The van der Waals surface area contributed by atoms with Gasteiger partial charge < -0.3 is 11.5 Å². The van der Waals surface area contributed by atoms with Crippen LogP contribution < -0.4 is 11.5 Å². The zero-order chi connectivity index (χ0) is 9.14. The van der Waals surface area contributed by atoms with E-state index in [2.05, 4.69) is 4.37 Å². The van der Waals surface area contributed by atoms with E-state index in [1.165, 1.54) is 11.5 Å². The lowest BCUT2D eigenvalue weighted by Gasteiger charge is -2.03. The van der Waals surface area contributed by atoms with E-state index in [9.17, 15) is 4.79 Å². The summed E-state index contributed by atoms with van der Waals surface area (Å²) < 4.78 is 4.05. The van der Waals surface area contributed by atoms with Crippen molar-refractivity contribution in [1.82, 2.24) is 4.37 Å². The quantitative estimate of drug-likeness (QED) is 0.711. The Kier molecular flexibility index (Phi) is 2.78. The number of amides is 1. The van der Waals surface area contributed by atoms with Crippen LogP contribution in [0.4, 0.5) is 0 Å². The Balaban J connectivity index is 2.64. The predicted octanol–water partition coefficient (Wildman–Crippen LogP) is 0.327. The van der Waals surface area contributed by atoms with Crippen LogP contribution in [0.25, 0.3) is 0 Å². The van der Waals surface area contributed by atoms with Crippen LogP contribution in [-0.2, 0) is 4.79 Å². The molecule has 0 fully saturated rings. The number of aryl methyl sites for hydroxylation is 1. The average Bonchev–Trinajstić information content (AvgIpc) is 2.34. The highest BCUT2D eigenvalue weighted by Crippen LogP contribution is 2.18. The van der Waals surface area contributed by atoms with Crippen LogP contribution in [0.1, 0.15) is 23.0 Å².